The van der Waals surface area contributed by atoms with Crippen LogP contribution in [0.2, 0.25) is 0 Å². The topological polar surface area (TPSA) is 37.4 Å². The zero-order chi connectivity index (χ0) is 13.3. The molecule has 0 saturated heterocycles. The molecule has 0 N–H and O–H groups in total. The molecule has 0 radical (unpaired) electrons. The Morgan fingerprint density at radius 1 is 1.11 bits per heavy atom. The summed E-state index contributed by atoms with van der Waals surface area (Å²) in [5, 5.41) is 0.351. The molecule has 0 fully saturated rings. The summed E-state index contributed by atoms with van der Waals surface area (Å²) in [5.41, 5.74) is 1.02. The number of carbonyl (C=O) groups excluding carboxylic acids is 2. The van der Waals surface area contributed by atoms with Crippen LogP contribution in [-0.2, 0) is 0 Å². The van der Waals surface area contributed by atoms with Crippen LogP contribution in [0.5, 0.6) is 0 Å². The maximum atomic E-state index is 12.0. The minimum absolute atomic E-state index is 0.124. The highest BCUT2D eigenvalue weighted by molar-refractivity contribution is 6.41. The molecule has 92 valence electrons. The molecule has 0 amide bonds. The van der Waals surface area contributed by atoms with Crippen LogP contribution in [-0.4, -0.2) is 30.6 Å². The second kappa shape index (κ2) is 4.78. The van der Waals surface area contributed by atoms with Gasteiger partial charge in [-0.1, -0.05) is 35.9 Å². The minimum atomic E-state index is -0.263. The van der Waals surface area contributed by atoms with Crippen LogP contribution in [0.1, 0.15) is 20.7 Å². The van der Waals surface area contributed by atoms with E-state index < -0.39 is 0 Å². The van der Waals surface area contributed by atoms with Gasteiger partial charge in [0.25, 0.3) is 0 Å². The zero-order valence-corrected chi connectivity index (χ0v) is 10.9. The Bertz CT molecular complexity index is 548. The van der Waals surface area contributed by atoms with Crippen LogP contribution in [0.4, 0.5) is 0 Å². The molecule has 0 aromatic heterocycles. The molecule has 1 aliphatic carbocycles. The van der Waals surface area contributed by atoms with Gasteiger partial charge in [0.2, 0.25) is 0 Å². The van der Waals surface area contributed by atoms with Gasteiger partial charge in [0.15, 0.2) is 11.6 Å². The lowest BCUT2D eigenvalue weighted by Gasteiger charge is -2.04. The van der Waals surface area contributed by atoms with Crippen LogP contribution in [0.15, 0.2) is 47.1 Å². The molecule has 0 unspecified atom stereocenters. The number of hydrogen-bond acceptors (Lipinski definition) is 3. The summed E-state index contributed by atoms with van der Waals surface area (Å²) in [4.78, 5) is 25.8. The average molecular weight is 262 g/mol. The lowest BCUT2D eigenvalue weighted by Crippen LogP contribution is -2.03. The Labute approximate surface area is 110 Å². The first-order valence-electron chi connectivity index (χ1n) is 5.44. The van der Waals surface area contributed by atoms with Crippen molar-refractivity contribution in [2.45, 2.75) is 0 Å². The maximum Gasteiger partial charge on any atom is 0.197 e. The Morgan fingerprint density at radius 3 is 2.06 bits per heavy atom. The zero-order valence-electron chi connectivity index (χ0n) is 10.1. The number of hydrogen-bond donors (Lipinski definition) is 0. The van der Waals surface area contributed by atoms with Crippen molar-refractivity contribution in [1.29, 1.82) is 0 Å². The fourth-order valence-electron chi connectivity index (χ4n) is 1.83. The molecule has 3 nitrogen and oxygen atoms in total. The Kier molecular flexibility index (Phi) is 3.34. The molecule has 0 saturated carbocycles. The number of allylic oxidation sites excluding steroid dienone is 3. The van der Waals surface area contributed by atoms with Gasteiger partial charge in [-0.05, 0) is 6.08 Å². The van der Waals surface area contributed by atoms with Crippen LogP contribution in [0, 0.1) is 0 Å². The molecule has 1 aromatic carbocycles. The fourth-order valence-corrected chi connectivity index (χ4v) is 2.13. The molecule has 1 aromatic rings. The molecule has 1 aliphatic rings. The lowest BCUT2D eigenvalue weighted by molar-refractivity contribution is 0.0988. The third kappa shape index (κ3) is 2.22. The van der Waals surface area contributed by atoms with Crippen molar-refractivity contribution in [1.82, 2.24) is 4.90 Å². The largest absolute Gasteiger partial charge is 0.382 e. The van der Waals surface area contributed by atoms with Crippen molar-refractivity contribution in [3.63, 3.8) is 0 Å². The van der Waals surface area contributed by atoms with Gasteiger partial charge in [-0.15, -0.1) is 0 Å². The Hall–Kier alpha value is -1.87. The predicted octanol–water partition coefficient (Wildman–Crippen LogP) is 2.63. The van der Waals surface area contributed by atoms with Crippen LogP contribution >= 0.6 is 11.6 Å². The van der Waals surface area contributed by atoms with E-state index in [2.05, 4.69) is 0 Å². The number of carbonyl (C=O) groups is 2. The Balaban J connectivity index is 2.43. The molecule has 0 bridgehead atoms. The number of halogens is 1. The van der Waals surface area contributed by atoms with E-state index in [0.29, 0.717) is 16.2 Å². The van der Waals surface area contributed by atoms with E-state index >= 15 is 0 Å². The van der Waals surface area contributed by atoms with E-state index in [0.717, 1.165) is 0 Å². The molecule has 2 rings (SSSR count). The third-order valence-electron chi connectivity index (χ3n) is 2.57. The molecule has 0 atom stereocenters. The second-order valence-electron chi connectivity index (χ2n) is 4.24. The first-order chi connectivity index (χ1) is 8.50. The normalized spacial score (nSPS) is 14.8. The van der Waals surface area contributed by atoms with Crippen molar-refractivity contribution in [3.05, 3.63) is 58.3 Å². The van der Waals surface area contributed by atoms with Gasteiger partial charge in [-0.2, -0.15) is 0 Å². The molecular weight excluding hydrogens is 250 g/mol. The number of ketones is 2. The number of Topliss-reactive ketones (excluding diaryl/α,β-unsaturated/α-hetero) is 2. The number of rotatable bonds is 2. The average Bonchev–Trinajstić information content (AvgIpc) is 2.54. The molecule has 0 spiro atoms. The summed E-state index contributed by atoms with van der Waals surface area (Å²) in [6, 6.07) is 6.79. The number of benzene rings is 1. The SMILES string of the molecule is CN(C)C=C(Cl)C=C1C(=O)c2ccccc2C1=O. The number of fused-ring (bicyclic) bond motifs is 1. The van der Waals surface area contributed by atoms with Crippen LogP contribution < -0.4 is 0 Å². The summed E-state index contributed by atoms with van der Waals surface area (Å²) in [6.45, 7) is 0. The molecular formula is C14H12ClNO2. The van der Waals surface area contributed by atoms with Crippen molar-refractivity contribution < 1.29 is 9.59 Å². The Morgan fingerprint density at radius 2 is 1.61 bits per heavy atom. The van der Waals surface area contributed by atoms with Gasteiger partial charge in [0.05, 0.1) is 10.6 Å². The monoisotopic (exact) mass is 261 g/mol. The summed E-state index contributed by atoms with van der Waals surface area (Å²) in [5.74, 6) is -0.526. The van der Waals surface area contributed by atoms with Gasteiger partial charge < -0.3 is 4.90 Å². The highest BCUT2D eigenvalue weighted by atomic mass is 35.5. The first-order valence-corrected chi connectivity index (χ1v) is 5.82. The summed E-state index contributed by atoms with van der Waals surface area (Å²) >= 11 is 5.97. The van der Waals surface area contributed by atoms with Crippen LogP contribution in [0.3, 0.4) is 0 Å². The van der Waals surface area contributed by atoms with E-state index in [9.17, 15) is 9.59 Å². The highest BCUT2D eigenvalue weighted by Crippen LogP contribution is 2.27. The molecule has 4 heteroatoms. The smallest absolute Gasteiger partial charge is 0.197 e. The van der Waals surface area contributed by atoms with Crippen molar-refractivity contribution >= 4 is 23.2 Å². The van der Waals surface area contributed by atoms with E-state index in [1.165, 1.54) is 6.08 Å². The molecule has 0 heterocycles. The van der Waals surface area contributed by atoms with Gasteiger partial charge in [-0.3, -0.25) is 9.59 Å². The molecule has 18 heavy (non-hydrogen) atoms. The summed E-state index contributed by atoms with van der Waals surface area (Å²) in [6.07, 6.45) is 3.06. The lowest BCUT2D eigenvalue weighted by atomic mass is 10.1. The van der Waals surface area contributed by atoms with E-state index in [1.54, 1.807) is 35.4 Å². The van der Waals surface area contributed by atoms with Crippen molar-refractivity contribution in [3.8, 4) is 0 Å². The van der Waals surface area contributed by atoms with Crippen molar-refractivity contribution in [2.24, 2.45) is 0 Å². The van der Waals surface area contributed by atoms with E-state index in [-0.39, 0.29) is 17.1 Å². The second-order valence-corrected chi connectivity index (χ2v) is 4.68. The van der Waals surface area contributed by atoms with Gasteiger partial charge >= 0.3 is 0 Å². The van der Waals surface area contributed by atoms with Gasteiger partial charge in [0, 0.05) is 31.4 Å². The summed E-state index contributed by atoms with van der Waals surface area (Å²) in [7, 11) is 3.63. The fraction of sp³-hybridized carbons (Fsp3) is 0.143. The van der Waals surface area contributed by atoms with Gasteiger partial charge in [-0.25, -0.2) is 0 Å². The maximum absolute atomic E-state index is 12.0. The van der Waals surface area contributed by atoms with Crippen molar-refractivity contribution in [2.75, 3.05) is 14.1 Å². The quantitative estimate of drug-likeness (QED) is 0.607. The van der Waals surface area contributed by atoms with E-state index in [1.807, 2.05) is 14.1 Å². The van der Waals surface area contributed by atoms with E-state index in [4.69, 9.17) is 11.6 Å². The summed E-state index contributed by atoms with van der Waals surface area (Å²) < 4.78 is 0. The van der Waals surface area contributed by atoms with Crippen LogP contribution in [0.25, 0.3) is 0 Å². The first kappa shape index (κ1) is 12.6. The number of nitrogens with zero attached hydrogens (tertiary/aromatic N) is 1. The molecule has 0 aliphatic heterocycles. The third-order valence-corrected chi connectivity index (χ3v) is 2.78. The van der Waals surface area contributed by atoms with Gasteiger partial charge in [0.1, 0.15) is 0 Å². The predicted molar refractivity (Wildman–Crippen MR) is 70.8 cm³/mol. The standard InChI is InChI=1S/C14H12ClNO2/c1-16(2)8-9(15)7-12-13(17)10-5-3-4-6-11(10)14(12)18/h3-8H,1-2H3. The minimum Gasteiger partial charge on any atom is -0.382 e. The highest BCUT2D eigenvalue weighted by Gasteiger charge is 2.32.